The van der Waals surface area contributed by atoms with Crippen molar-refractivity contribution >= 4 is 29.2 Å². The summed E-state index contributed by atoms with van der Waals surface area (Å²) in [5, 5.41) is 14.5. The number of carbonyl (C=O) groups is 2. The lowest BCUT2D eigenvalue weighted by molar-refractivity contribution is -0.143. The summed E-state index contributed by atoms with van der Waals surface area (Å²) >= 11 is 6.35. The van der Waals surface area contributed by atoms with Gasteiger partial charge in [0.2, 0.25) is 18.4 Å². The summed E-state index contributed by atoms with van der Waals surface area (Å²) in [6, 6.07) is 14.4. The van der Waals surface area contributed by atoms with Crippen molar-refractivity contribution < 1.29 is 33.6 Å². The first-order valence-corrected chi connectivity index (χ1v) is 15.9. The molecule has 0 saturated carbocycles. The highest BCUT2D eigenvalue weighted by Gasteiger charge is 2.48. The molecule has 3 aromatic rings. The zero-order chi connectivity index (χ0) is 32.1. The van der Waals surface area contributed by atoms with Crippen molar-refractivity contribution in [1.82, 2.24) is 4.90 Å². The van der Waals surface area contributed by atoms with Crippen LogP contribution in [0.2, 0.25) is 5.02 Å². The number of anilines is 1. The van der Waals surface area contributed by atoms with E-state index >= 15 is 0 Å². The Morgan fingerprint density at radius 1 is 1.02 bits per heavy atom. The van der Waals surface area contributed by atoms with E-state index < -0.39 is 23.8 Å². The Bertz CT molecular complexity index is 1500. The number of halogens is 1. The average molecular weight is 637 g/mol. The van der Waals surface area contributed by atoms with Gasteiger partial charge in [0.15, 0.2) is 11.5 Å². The van der Waals surface area contributed by atoms with Crippen molar-refractivity contribution in [2.45, 2.75) is 58.4 Å². The molecule has 10 heteroatoms. The van der Waals surface area contributed by atoms with Crippen molar-refractivity contribution in [3.8, 4) is 23.0 Å². The molecule has 1 unspecified atom stereocenters. The van der Waals surface area contributed by atoms with Crippen molar-refractivity contribution in [2.75, 3.05) is 38.9 Å². The summed E-state index contributed by atoms with van der Waals surface area (Å²) in [6.07, 6.45) is 3.38. The molecule has 2 N–H and O–H groups in total. The zero-order valence-electron chi connectivity index (χ0n) is 26.2. The number of carboxylic acids is 1. The van der Waals surface area contributed by atoms with Crippen LogP contribution in [0, 0.1) is 5.92 Å². The summed E-state index contributed by atoms with van der Waals surface area (Å²) in [7, 11) is 1.54. The molecule has 9 nitrogen and oxygen atoms in total. The van der Waals surface area contributed by atoms with Gasteiger partial charge in [0, 0.05) is 29.2 Å². The third-order valence-corrected chi connectivity index (χ3v) is 8.84. The predicted molar refractivity (Wildman–Crippen MR) is 173 cm³/mol. The second-order valence-electron chi connectivity index (χ2n) is 11.4. The fourth-order valence-corrected chi connectivity index (χ4v) is 6.66. The number of aliphatic carboxylic acids is 1. The maximum Gasteiger partial charge on any atom is 0.309 e. The van der Waals surface area contributed by atoms with Gasteiger partial charge in [0.1, 0.15) is 5.75 Å². The molecule has 1 saturated heterocycles. The number of methoxy groups -OCH3 is 1. The summed E-state index contributed by atoms with van der Waals surface area (Å²) in [5.74, 6) is -0.283. The molecular formula is C35H41ClN2O7. The fraction of sp³-hybridized carbons (Fsp3) is 0.429. The number of likely N-dealkylation sites (tertiary alicyclic amines) is 1. The first kappa shape index (κ1) is 32.4. The molecule has 1 amide bonds. The Morgan fingerprint density at radius 2 is 1.73 bits per heavy atom. The SMILES string of the molecule is CCCCOc1ccc([C@H]2C(C(=O)O)[C@@H](c3cc(OC)c4c(c3)OCO4)CN2CC(=O)Nc2c(CC)cc(Cl)cc2CC)cc1. The molecule has 0 aromatic heterocycles. The molecule has 1 fully saturated rings. The van der Waals surface area contributed by atoms with Crippen molar-refractivity contribution in [2.24, 2.45) is 5.92 Å². The third-order valence-electron chi connectivity index (χ3n) is 8.62. The van der Waals surface area contributed by atoms with Gasteiger partial charge in [-0.2, -0.15) is 0 Å². The van der Waals surface area contributed by atoms with Crippen LogP contribution in [0.1, 0.15) is 67.8 Å². The van der Waals surface area contributed by atoms with Gasteiger partial charge >= 0.3 is 5.97 Å². The topological polar surface area (TPSA) is 107 Å². The van der Waals surface area contributed by atoms with Crippen LogP contribution in [0.15, 0.2) is 48.5 Å². The highest BCUT2D eigenvalue weighted by Crippen LogP contribution is 2.50. The molecule has 0 spiro atoms. The van der Waals surface area contributed by atoms with Crippen molar-refractivity contribution in [3.05, 3.63) is 75.8 Å². The lowest BCUT2D eigenvalue weighted by Crippen LogP contribution is -2.35. The van der Waals surface area contributed by atoms with Crippen LogP contribution in [0.3, 0.4) is 0 Å². The van der Waals surface area contributed by atoms with Crippen LogP contribution < -0.4 is 24.3 Å². The lowest BCUT2D eigenvalue weighted by Gasteiger charge is -2.27. The van der Waals surface area contributed by atoms with E-state index in [9.17, 15) is 14.7 Å². The number of nitrogens with zero attached hydrogens (tertiary/aromatic N) is 1. The van der Waals surface area contributed by atoms with E-state index in [0.29, 0.717) is 48.3 Å². The highest BCUT2D eigenvalue weighted by molar-refractivity contribution is 6.30. The molecule has 0 bridgehead atoms. The molecule has 2 aliphatic rings. The normalized spacial score (nSPS) is 19.0. The van der Waals surface area contributed by atoms with Gasteiger partial charge in [-0.25, -0.2) is 0 Å². The lowest BCUT2D eigenvalue weighted by atomic mass is 9.82. The molecule has 2 heterocycles. The van der Waals surface area contributed by atoms with Gasteiger partial charge in [-0.05, 0) is 77.9 Å². The van der Waals surface area contributed by atoms with Crippen molar-refractivity contribution in [1.29, 1.82) is 0 Å². The second-order valence-corrected chi connectivity index (χ2v) is 11.9. The number of rotatable bonds is 13. The van der Waals surface area contributed by atoms with Crippen LogP contribution in [0.5, 0.6) is 23.0 Å². The molecule has 45 heavy (non-hydrogen) atoms. The van der Waals surface area contributed by atoms with Gasteiger partial charge < -0.3 is 29.4 Å². The molecule has 5 rings (SSSR count). The van der Waals surface area contributed by atoms with Crippen LogP contribution in [0.25, 0.3) is 0 Å². The van der Waals surface area contributed by atoms with E-state index in [1.54, 1.807) is 7.11 Å². The number of amides is 1. The number of carbonyl (C=O) groups excluding carboxylic acids is 1. The quantitative estimate of drug-likeness (QED) is 0.196. The van der Waals surface area contributed by atoms with Gasteiger partial charge in [0.25, 0.3) is 0 Å². The van der Waals surface area contributed by atoms with Crippen LogP contribution in [0.4, 0.5) is 5.69 Å². The van der Waals surface area contributed by atoms with Crippen LogP contribution in [-0.2, 0) is 22.4 Å². The van der Waals surface area contributed by atoms with E-state index in [0.717, 1.165) is 46.5 Å². The predicted octanol–water partition coefficient (Wildman–Crippen LogP) is 6.86. The van der Waals surface area contributed by atoms with E-state index in [-0.39, 0.29) is 19.2 Å². The summed E-state index contributed by atoms with van der Waals surface area (Å²) in [4.78, 5) is 28.8. The zero-order valence-corrected chi connectivity index (χ0v) is 27.0. The molecule has 0 radical (unpaired) electrons. The Morgan fingerprint density at radius 3 is 2.36 bits per heavy atom. The number of unbranched alkanes of at least 4 members (excludes halogenated alkanes) is 1. The van der Waals surface area contributed by atoms with Gasteiger partial charge in [-0.15, -0.1) is 0 Å². The van der Waals surface area contributed by atoms with Gasteiger partial charge in [-0.1, -0.05) is 50.9 Å². The van der Waals surface area contributed by atoms with Gasteiger partial charge in [-0.3, -0.25) is 14.5 Å². The van der Waals surface area contributed by atoms with Crippen LogP contribution in [-0.4, -0.2) is 55.5 Å². The number of benzene rings is 3. The first-order valence-electron chi connectivity index (χ1n) is 15.6. The van der Waals surface area contributed by atoms with E-state index in [2.05, 4.69) is 12.2 Å². The minimum atomic E-state index is -0.952. The Balaban J connectivity index is 1.50. The standard InChI is InChI=1S/C35H41ClN2O7/c1-5-8-13-43-26-11-9-23(10-12-26)33-31(35(40)41)27(24-16-28(42-4)34-29(17-24)44-20-45-34)18-38(33)19-30(39)37-32-21(6-2)14-25(36)15-22(32)7-3/h9-12,14-17,27,31,33H,5-8,13,18-20H2,1-4H3,(H,37,39)(H,40,41)/t27-,31?,33+/m1/s1. The number of aryl methyl sites for hydroxylation is 2. The third kappa shape index (κ3) is 6.99. The molecule has 2 aliphatic heterocycles. The van der Waals surface area contributed by atoms with E-state index in [1.807, 2.05) is 67.3 Å². The Hall–Kier alpha value is -3.95. The molecule has 0 aliphatic carbocycles. The van der Waals surface area contributed by atoms with E-state index in [4.69, 9.17) is 30.5 Å². The molecule has 240 valence electrons. The maximum atomic E-state index is 13.7. The van der Waals surface area contributed by atoms with Crippen molar-refractivity contribution in [3.63, 3.8) is 0 Å². The minimum absolute atomic E-state index is 0.00365. The van der Waals surface area contributed by atoms with Crippen LogP contribution >= 0.6 is 11.6 Å². The first-order chi connectivity index (χ1) is 21.8. The number of hydrogen-bond donors (Lipinski definition) is 2. The monoisotopic (exact) mass is 636 g/mol. The number of nitrogens with one attached hydrogen (secondary N) is 1. The Labute approximate surface area is 269 Å². The number of carboxylic acid groups (broad SMARTS) is 1. The summed E-state index contributed by atoms with van der Waals surface area (Å²) < 4.78 is 22.7. The molecule has 3 aromatic carbocycles. The summed E-state index contributed by atoms with van der Waals surface area (Å²) in [5.41, 5.74) is 4.22. The van der Waals surface area contributed by atoms with E-state index in [1.165, 1.54) is 0 Å². The van der Waals surface area contributed by atoms with Gasteiger partial charge in [0.05, 0.1) is 26.2 Å². The average Bonchev–Trinajstić information content (AvgIpc) is 3.66. The highest BCUT2D eigenvalue weighted by atomic mass is 35.5. The fourth-order valence-electron chi connectivity index (χ4n) is 6.39. The maximum absolute atomic E-state index is 13.7. The molecule has 3 atom stereocenters. The second kappa shape index (κ2) is 14.4. The summed E-state index contributed by atoms with van der Waals surface area (Å²) in [6.45, 7) is 7.15. The molecular weight excluding hydrogens is 596 g/mol. The number of fused-ring (bicyclic) bond motifs is 1. The minimum Gasteiger partial charge on any atom is -0.494 e. The smallest absolute Gasteiger partial charge is 0.309 e. The largest absolute Gasteiger partial charge is 0.494 e. The number of hydrogen-bond acceptors (Lipinski definition) is 7. The number of ether oxygens (including phenoxy) is 4. The Kier molecular flexibility index (Phi) is 10.4.